The molecule has 27 heavy (non-hydrogen) atoms. The van der Waals surface area contributed by atoms with Gasteiger partial charge in [-0.25, -0.2) is 0 Å². The Hall–Kier alpha value is -0.120. The minimum absolute atomic E-state index is 0.0397. The van der Waals surface area contributed by atoms with Crippen LogP contribution in [0.25, 0.3) is 0 Å². The molecule has 0 aromatic heterocycles. The van der Waals surface area contributed by atoms with Gasteiger partial charge in [0.25, 0.3) is 0 Å². The molecule has 5 aliphatic rings. The van der Waals surface area contributed by atoms with Crippen molar-refractivity contribution in [1.29, 1.82) is 0 Å². The molecule has 5 fully saturated rings. The SMILES string of the molecule is CC1(C)COCN1C1CC[C@@]2(C)[C@@H](CC[C@@H]3[C@@H]2CC[C@]2(C)[C@@H](O)CC[C@@H]32)C1. The van der Waals surface area contributed by atoms with E-state index in [9.17, 15) is 5.11 Å². The summed E-state index contributed by atoms with van der Waals surface area (Å²) < 4.78 is 5.84. The summed E-state index contributed by atoms with van der Waals surface area (Å²) in [6.45, 7) is 11.5. The lowest BCUT2D eigenvalue weighted by atomic mass is 9.45. The number of hydrogen-bond acceptors (Lipinski definition) is 3. The van der Waals surface area contributed by atoms with Crippen molar-refractivity contribution in [3.05, 3.63) is 0 Å². The molecule has 1 unspecified atom stereocenters. The summed E-state index contributed by atoms with van der Waals surface area (Å²) in [7, 11) is 0. The average Bonchev–Trinajstić information content (AvgIpc) is 3.13. The highest BCUT2D eigenvalue weighted by Crippen LogP contribution is 2.66. The number of nitrogens with zero attached hydrogens (tertiary/aromatic N) is 1. The van der Waals surface area contributed by atoms with Crippen molar-refractivity contribution in [3.63, 3.8) is 0 Å². The van der Waals surface area contributed by atoms with Gasteiger partial charge in [-0.3, -0.25) is 4.90 Å². The molecule has 0 spiro atoms. The molecule has 0 amide bonds. The smallest absolute Gasteiger partial charge is 0.0998 e. The second kappa shape index (κ2) is 6.19. The van der Waals surface area contributed by atoms with Crippen LogP contribution >= 0.6 is 0 Å². The Bertz CT molecular complexity index is 591. The number of aliphatic hydroxyl groups is 1. The lowest BCUT2D eigenvalue weighted by molar-refractivity contribution is -0.132. The highest BCUT2D eigenvalue weighted by Gasteiger charge is 2.60. The summed E-state index contributed by atoms with van der Waals surface area (Å²) >= 11 is 0. The van der Waals surface area contributed by atoms with Crippen molar-refractivity contribution in [1.82, 2.24) is 4.90 Å². The number of rotatable bonds is 1. The minimum Gasteiger partial charge on any atom is -0.393 e. The van der Waals surface area contributed by atoms with Crippen LogP contribution in [0.5, 0.6) is 0 Å². The van der Waals surface area contributed by atoms with Crippen molar-refractivity contribution in [2.75, 3.05) is 13.3 Å². The van der Waals surface area contributed by atoms with Gasteiger partial charge in [-0.2, -0.15) is 0 Å². The van der Waals surface area contributed by atoms with Crippen molar-refractivity contribution >= 4 is 0 Å². The maximum absolute atomic E-state index is 10.7. The molecule has 3 nitrogen and oxygen atoms in total. The zero-order valence-electron chi connectivity index (χ0n) is 18.0. The van der Waals surface area contributed by atoms with E-state index in [0.29, 0.717) is 5.41 Å². The molecule has 0 aromatic carbocycles. The number of aliphatic hydroxyl groups excluding tert-OH is 1. The molecule has 4 aliphatic carbocycles. The molecule has 1 heterocycles. The van der Waals surface area contributed by atoms with E-state index in [1.807, 2.05) is 0 Å². The molecule has 0 radical (unpaired) electrons. The Morgan fingerprint density at radius 3 is 2.33 bits per heavy atom. The van der Waals surface area contributed by atoms with Crippen LogP contribution in [-0.2, 0) is 4.74 Å². The topological polar surface area (TPSA) is 32.7 Å². The molecule has 154 valence electrons. The first-order chi connectivity index (χ1) is 12.8. The second-order valence-electron chi connectivity index (χ2n) is 12.0. The van der Waals surface area contributed by atoms with Gasteiger partial charge >= 0.3 is 0 Å². The molecule has 3 heteroatoms. The zero-order valence-corrected chi connectivity index (χ0v) is 18.0. The predicted molar refractivity (Wildman–Crippen MR) is 108 cm³/mol. The summed E-state index contributed by atoms with van der Waals surface area (Å²) in [5.74, 6) is 3.46. The molecule has 5 rings (SSSR count). The molecule has 1 N–H and O–H groups in total. The first kappa shape index (κ1) is 18.9. The van der Waals surface area contributed by atoms with E-state index in [2.05, 4.69) is 32.6 Å². The van der Waals surface area contributed by atoms with Gasteiger partial charge in [0.15, 0.2) is 0 Å². The molecular weight excluding hydrogens is 334 g/mol. The van der Waals surface area contributed by atoms with Crippen LogP contribution in [0.2, 0.25) is 0 Å². The average molecular weight is 376 g/mol. The van der Waals surface area contributed by atoms with E-state index < -0.39 is 0 Å². The Labute approximate surface area is 166 Å². The largest absolute Gasteiger partial charge is 0.393 e. The van der Waals surface area contributed by atoms with Crippen molar-refractivity contribution < 1.29 is 9.84 Å². The van der Waals surface area contributed by atoms with E-state index in [1.165, 1.54) is 51.4 Å². The van der Waals surface area contributed by atoms with Crippen LogP contribution in [0.15, 0.2) is 0 Å². The summed E-state index contributed by atoms with van der Waals surface area (Å²) in [6, 6.07) is 0.722. The van der Waals surface area contributed by atoms with Gasteiger partial charge in [-0.05, 0) is 106 Å². The molecule has 1 saturated heterocycles. The number of fused-ring (bicyclic) bond motifs is 5. The van der Waals surface area contributed by atoms with Crippen LogP contribution in [0.4, 0.5) is 0 Å². The maximum atomic E-state index is 10.7. The first-order valence-corrected chi connectivity index (χ1v) is 11.8. The molecule has 1 aliphatic heterocycles. The quantitative estimate of drug-likeness (QED) is 0.713. The van der Waals surface area contributed by atoms with Gasteiger partial charge in [0.05, 0.1) is 19.4 Å². The van der Waals surface area contributed by atoms with Crippen LogP contribution in [0.1, 0.15) is 85.5 Å². The maximum Gasteiger partial charge on any atom is 0.0998 e. The van der Waals surface area contributed by atoms with Crippen molar-refractivity contribution in [2.24, 2.45) is 34.5 Å². The van der Waals surface area contributed by atoms with E-state index in [4.69, 9.17) is 4.74 Å². The lowest BCUT2D eigenvalue weighted by Crippen LogP contribution is -2.57. The molecule has 0 bridgehead atoms. The van der Waals surface area contributed by atoms with Crippen LogP contribution in [0.3, 0.4) is 0 Å². The van der Waals surface area contributed by atoms with Gasteiger partial charge in [0.1, 0.15) is 0 Å². The van der Waals surface area contributed by atoms with Gasteiger partial charge in [0, 0.05) is 11.6 Å². The minimum atomic E-state index is -0.0397. The Morgan fingerprint density at radius 1 is 0.852 bits per heavy atom. The molecule has 4 saturated carbocycles. The Balaban J connectivity index is 1.35. The van der Waals surface area contributed by atoms with Crippen molar-refractivity contribution in [3.8, 4) is 0 Å². The fourth-order valence-corrected chi connectivity index (χ4v) is 8.74. The third-order valence-electron chi connectivity index (χ3n) is 10.5. The second-order valence-corrected chi connectivity index (χ2v) is 12.0. The number of hydrogen-bond donors (Lipinski definition) is 1. The van der Waals surface area contributed by atoms with E-state index >= 15 is 0 Å². The van der Waals surface area contributed by atoms with Gasteiger partial charge in [0.2, 0.25) is 0 Å². The molecule has 0 aromatic rings. The lowest BCUT2D eigenvalue weighted by Gasteiger charge is -2.61. The highest BCUT2D eigenvalue weighted by atomic mass is 16.5. The highest BCUT2D eigenvalue weighted by molar-refractivity contribution is 5.10. The van der Waals surface area contributed by atoms with Crippen molar-refractivity contribution in [2.45, 2.75) is 103 Å². The zero-order chi connectivity index (χ0) is 19.0. The fourth-order valence-electron chi connectivity index (χ4n) is 8.74. The number of ether oxygens (including phenoxy) is 1. The van der Waals surface area contributed by atoms with Gasteiger partial charge in [-0.15, -0.1) is 0 Å². The van der Waals surface area contributed by atoms with Crippen LogP contribution in [0, 0.1) is 34.5 Å². The van der Waals surface area contributed by atoms with Crippen LogP contribution in [-0.4, -0.2) is 41.0 Å². The monoisotopic (exact) mass is 375 g/mol. The summed E-state index contributed by atoms with van der Waals surface area (Å²) in [5, 5.41) is 10.7. The van der Waals surface area contributed by atoms with E-state index in [1.54, 1.807) is 0 Å². The van der Waals surface area contributed by atoms with Crippen LogP contribution < -0.4 is 0 Å². The summed E-state index contributed by atoms with van der Waals surface area (Å²) in [5.41, 5.74) is 0.972. The third-order valence-corrected chi connectivity index (χ3v) is 10.5. The van der Waals surface area contributed by atoms with E-state index in [0.717, 1.165) is 49.5 Å². The Morgan fingerprint density at radius 2 is 1.59 bits per heavy atom. The summed E-state index contributed by atoms with van der Waals surface area (Å²) in [4.78, 5) is 2.67. The Kier molecular flexibility index (Phi) is 4.33. The van der Waals surface area contributed by atoms with E-state index in [-0.39, 0.29) is 17.1 Å². The first-order valence-electron chi connectivity index (χ1n) is 11.8. The third kappa shape index (κ3) is 2.63. The van der Waals surface area contributed by atoms with Gasteiger partial charge < -0.3 is 9.84 Å². The standard InChI is InChI=1S/C24H41NO2/c1-22(2)14-27-15-25(22)17-9-11-23(3)16(13-17)5-6-18-19-7-8-21(26)24(19,4)12-10-20(18)23/h16-21,26H,5-15H2,1-4H3/t16-,17?,18-,19-,20-,21-,23-,24-/m0/s1. The van der Waals surface area contributed by atoms with Gasteiger partial charge in [-0.1, -0.05) is 13.8 Å². The fraction of sp³-hybridized carbons (Fsp3) is 1.00. The molecular formula is C24H41NO2. The predicted octanol–water partition coefficient (Wildman–Crippen LogP) is 4.83. The normalized spacial score (nSPS) is 55.0. The molecule has 8 atom stereocenters. The summed E-state index contributed by atoms with van der Waals surface area (Å²) in [6.07, 6.45) is 11.9.